The molecule has 3 aromatic rings. The lowest BCUT2D eigenvalue weighted by atomic mass is 10.1. The highest BCUT2D eigenvalue weighted by molar-refractivity contribution is 7.22. The summed E-state index contributed by atoms with van der Waals surface area (Å²) in [6.45, 7) is 2.97. The number of aromatic nitrogens is 1. The number of rotatable bonds is 7. The molecule has 0 saturated carbocycles. The van der Waals surface area contributed by atoms with Gasteiger partial charge in [-0.15, -0.1) is 0 Å². The highest BCUT2D eigenvalue weighted by Gasteiger charge is 2.34. The van der Waals surface area contributed by atoms with Crippen LogP contribution in [0.4, 0.5) is 24.0 Å². The van der Waals surface area contributed by atoms with Gasteiger partial charge < -0.3 is 4.90 Å². The highest BCUT2D eigenvalue weighted by atomic mass is 32.1. The van der Waals surface area contributed by atoms with E-state index in [0.717, 1.165) is 29.7 Å². The van der Waals surface area contributed by atoms with E-state index in [2.05, 4.69) is 4.98 Å². The van der Waals surface area contributed by atoms with Gasteiger partial charge in [0.15, 0.2) is 5.13 Å². The van der Waals surface area contributed by atoms with Crippen molar-refractivity contribution in [3.63, 3.8) is 0 Å². The number of alkyl halides is 3. The summed E-state index contributed by atoms with van der Waals surface area (Å²) in [6.07, 6.45) is -3.14. The number of unbranched alkanes of at least 4 members (excludes halogenated alkanes) is 1. The minimum absolute atomic E-state index is 0.113. The standard InChI is InChI=1S/C20H18F3N3O3S/c1-2-3-9-25(12-13-7-5-4-6-8-13)19-24-18(27)15-10-14(20(21,22)23)11-16(26(28)29)17(15)30-19/h4-8,10-11H,2-3,9,12H2,1H3. The van der Waals surface area contributed by atoms with Crippen molar-refractivity contribution < 1.29 is 18.1 Å². The molecule has 2 aromatic carbocycles. The van der Waals surface area contributed by atoms with Gasteiger partial charge in [0.1, 0.15) is 4.70 Å². The van der Waals surface area contributed by atoms with Crippen LogP contribution in [0, 0.1) is 10.1 Å². The zero-order valence-corrected chi connectivity index (χ0v) is 16.8. The molecule has 0 atom stereocenters. The van der Waals surface area contributed by atoms with Crippen LogP contribution in [-0.2, 0) is 12.7 Å². The summed E-state index contributed by atoms with van der Waals surface area (Å²) in [7, 11) is 0. The first-order chi connectivity index (χ1) is 14.2. The average Bonchev–Trinajstić information content (AvgIpc) is 2.70. The number of halogens is 3. The zero-order chi connectivity index (χ0) is 21.9. The number of anilines is 1. The Morgan fingerprint density at radius 1 is 1.20 bits per heavy atom. The third-order valence-corrected chi connectivity index (χ3v) is 5.65. The maximum Gasteiger partial charge on any atom is 0.416 e. The maximum atomic E-state index is 13.1. The van der Waals surface area contributed by atoms with E-state index in [-0.39, 0.29) is 9.83 Å². The molecular formula is C20H18F3N3O3S. The Hall–Kier alpha value is -3.01. The molecule has 0 fully saturated rings. The second-order valence-corrected chi connectivity index (χ2v) is 7.67. The van der Waals surface area contributed by atoms with Crippen molar-refractivity contribution in [2.45, 2.75) is 32.5 Å². The predicted octanol–water partition coefficient (Wildman–Crippen LogP) is 5.39. The van der Waals surface area contributed by atoms with Crippen molar-refractivity contribution >= 4 is 32.2 Å². The number of nitro benzene ring substituents is 1. The summed E-state index contributed by atoms with van der Waals surface area (Å²) in [5, 5.41) is 11.3. The van der Waals surface area contributed by atoms with Crippen LogP contribution in [0.3, 0.4) is 0 Å². The lowest BCUT2D eigenvalue weighted by molar-refractivity contribution is -0.383. The minimum Gasteiger partial charge on any atom is -0.344 e. The summed E-state index contributed by atoms with van der Waals surface area (Å²) in [5.41, 5.74) is -1.95. The van der Waals surface area contributed by atoms with Gasteiger partial charge in [0.25, 0.3) is 11.2 Å². The van der Waals surface area contributed by atoms with E-state index in [4.69, 9.17) is 0 Å². The van der Waals surface area contributed by atoms with Crippen LogP contribution in [0.25, 0.3) is 10.1 Å². The van der Waals surface area contributed by atoms with Crippen molar-refractivity contribution in [3.05, 3.63) is 74.1 Å². The number of hydrogen-bond donors (Lipinski definition) is 0. The molecule has 0 aliphatic heterocycles. The van der Waals surface area contributed by atoms with Crippen LogP contribution in [0.15, 0.2) is 47.3 Å². The van der Waals surface area contributed by atoms with E-state index >= 15 is 0 Å². The van der Waals surface area contributed by atoms with Crippen LogP contribution in [0.2, 0.25) is 0 Å². The molecule has 3 rings (SSSR count). The van der Waals surface area contributed by atoms with Crippen molar-refractivity contribution in [1.82, 2.24) is 4.98 Å². The van der Waals surface area contributed by atoms with E-state index in [1.165, 1.54) is 0 Å². The molecule has 0 bridgehead atoms. The van der Waals surface area contributed by atoms with Gasteiger partial charge in [0, 0.05) is 19.2 Å². The fraction of sp³-hybridized carbons (Fsp3) is 0.300. The molecule has 10 heteroatoms. The summed E-state index contributed by atoms with van der Waals surface area (Å²) < 4.78 is 39.3. The molecule has 158 valence electrons. The Balaban J connectivity index is 2.16. The average molecular weight is 437 g/mol. The number of hydrogen-bond acceptors (Lipinski definition) is 6. The molecule has 0 radical (unpaired) electrons. The molecule has 0 N–H and O–H groups in total. The van der Waals surface area contributed by atoms with Crippen LogP contribution >= 0.6 is 11.3 Å². The Bertz CT molecular complexity index is 1120. The van der Waals surface area contributed by atoms with Crippen LogP contribution < -0.4 is 10.5 Å². The minimum atomic E-state index is -4.81. The van der Waals surface area contributed by atoms with E-state index < -0.39 is 33.3 Å². The second-order valence-electron chi connectivity index (χ2n) is 6.69. The number of fused-ring (bicyclic) bond motifs is 1. The summed E-state index contributed by atoms with van der Waals surface area (Å²) in [4.78, 5) is 28.9. The molecule has 0 unspecified atom stereocenters. The Labute approximate surface area is 173 Å². The van der Waals surface area contributed by atoms with Gasteiger partial charge in [-0.3, -0.25) is 14.9 Å². The summed E-state index contributed by atoms with van der Waals surface area (Å²) >= 11 is 0.859. The Morgan fingerprint density at radius 2 is 1.90 bits per heavy atom. The first-order valence-electron chi connectivity index (χ1n) is 9.20. The number of benzene rings is 2. The third-order valence-electron chi connectivity index (χ3n) is 4.48. The maximum absolute atomic E-state index is 13.1. The fourth-order valence-electron chi connectivity index (χ4n) is 2.97. The Morgan fingerprint density at radius 3 is 2.50 bits per heavy atom. The lowest BCUT2D eigenvalue weighted by Crippen LogP contribution is -2.26. The quantitative estimate of drug-likeness (QED) is 0.366. The number of non-ortho nitro benzene ring substituents is 1. The highest BCUT2D eigenvalue weighted by Crippen LogP contribution is 2.38. The SMILES string of the molecule is CCCCN(Cc1ccccc1)c1nc(=O)c2cc(C(F)(F)F)cc([N+](=O)[O-])c2s1. The van der Waals surface area contributed by atoms with Gasteiger partial charge >= 0.3 is 6.18 Å². The van der Waals surface area contributed by atoms with Crippen molar-refractivity contribution in [2.75, 3.05) is 11.4 Å². The fourth-order valence-corrected chi connectivity index (χ4v) is 4.06. The normalized spacial score (nSPS) is 11.6. The van der Waals surface area contributed by atoms with E-state index in [1.54, 1.807) is 0 Å². The molecule has 0 aliphatic rings. The second kappa shape index (κ2) is 8.78. The van der Waals surface area contributed by atoms with E-state index in [1.807, 2.05) is 42.2 Å². The molecule has 30 heavy (non-hydrogen) atoms. The molecule has 0 saturated heterocycles. The molecule has 0 spiro atoms. The van der Waals surface area contributed by atoms with E-state index in [9.17, 15) is 28.1 Å². The molecule has 1 aromatic heterocycles. The Kier molecular flexibility index (Phi) is 6.35. The lowest BCUT2D eigenvalue weighted by Gasteiger charge is -2.23. The largest absolute Gasteiger partial charge is 0.416 e. The van der Waals surface area contributed by atoms with Gasteiger partial charge in [0.2, 0.25) is 0 Å². The molecule has 6 nitrogen and oxygen atoms in total. The first kappa shape index (κ1) is 21.7. The van der Waals surface area contributed by atoms with Crippen molar-refractivity contribution in [1.29, 1.82) is 0 Å². The predicted molar refractivity (Wildman–Crippen MR) is 110 cm³/mol. The van der Waals surface area contributed by atoms with Gasteiger partial charge in [0.05, 0.1) is 15.9 Å². The molecule has 1 heterocycles. The van der Waals surface area contributed by atoms with E-state index in [0.29, 0.717) is 25.2 Å². The van der Waals surface area contributed by atoms with Gasteiger partial charge in [-0.05, 0) is 18.1 Å². The van der Waals surface area contributed by atoms with Gasteiger partial charge in [-0.25, -0.2) is 0 Å². The number of nitro groups is 1. The molecular weight excluding hydrogens is 419 g/mol. The van der Waals surface area contributed by atoms with Gasteiger partial charge in [-0.2, -0.15) is 18.2 Å². The molecule has 0 aliphatic carbocycles. The van der Waals surface area contributed by atoms with Crippen molar-refractivity contribution in [3.8, 4) is 0 Å². The summed E-state index contributed by atoms with van der Waals surface area (Å²) in [5.74, 6) is 0. The smallest absolute Gasteiger partial charge is 0.344 e. The van der Waals surface area contributed by atoms with Crippen LogP contribution in [-0.4, -0.2) is 16.5 Å². The van der Waals surface area contributed by atoms with Crippen molar-refractivity contribution in [2.24, 2.45) is 0 Å². The first-order valence-corrected chi connectivity index (χ1v) is 10.0. The number of nitrogens with zero attached hydrogens (tertiary/aromatic N) is 3. The monoisotopic (exact) mass is 437 g/mol. The topological polar surface area (TPSA) is 76.3 Å². The summed E-state index contributed by atoms with van der Waals surface area (Å²) in [6, 6.07) is 10.5. The van der Waals surface area contributed by atoms with Crippen LogP contribution in [0.5, 0.6) is 0 Å². The van der Waals surface area contributed by atoms with Gasteiger partial charge in [-0.1, -0.05) is 55.0 Å². The zero-order valence-electron chi connectivity index (χ0n) is 16.0. The third kappa shape index (κ3) is 4.76. The van der Waals surface area contributed by atoms with Crippen LogP contribution in [0.1, 0.15) is 30.9 Å². The molecule has 0 amide bonds.